The summed E-state index contributed by atoms with van der Waals surface area (Å²) in [5.41, 5.74) is 3.53. The zero-order valence-electron chi connectivity index (χ0n) is 22.5. The van der Waals surface area contributed by atoms with E-state index in [1.54, 1.807) is 11.8 Å². The van der Waals surface area contributed by atoms with E-state index in [-0.39, 0.29) is 17.9 Å². The third kappa shape index (κ3) is 10.1. The number of hydrogen-bond donors (Lipinski definition) is 2. The quantitative estimate of drug-likeness (QED) is 0.383. The molecule has 9 heteroatoms. The summed E-state index contributed by atoms with van der Waals surface area (Å²) >= 11 is 1.57. The summed E-state index contributed by atoms with van der Waals surface area (Å²) in [5.74, 6) is 0.623. The standard InChI is InChI=1S/C27H43N3O5S/c1-19(2)15-23(31)29-30-14-10-13-21(30)17-36-18-22(26(33)34-6)28-25(32)24(27(3,4)5)35-16-20-11-8-7-9-12-20/h7-9,11-12,19,21-22,24H,10,13-18H2,1-6H3,(H,28,32)(H,29,31)/t21-,22-,24+/m0/s1. The second-order valence-electron chi connectivity index (χ2n) is 10.8. The Labute approximate surface area is 220 Å². The number of nitrogens with one attached hydrogen (secondary N) is 2. The topological polar surface area (TPSA) is 97.0 Å². The van der Waals surface area contributed by atoms with Crippen LogP contribution in [0.4, 0.5) is 0 Å². The summed E-state index contributed by atoms with van der Waals surface area (Å²) in [6.45, 7) is 11.0. The number of hydrogen-bond acceptors (Lipinski definition) is 7. The third-order valence-corrected chi connectivity index (χ3v) is 7.11. The van der Waals surface area contributed by atoms with E-state index in [4.69, 9.17) is 9.47 Å². The zero-order valence-corrected chi connectivity index (χ0v) is 23.4. The molecule has 1 aliphatic heterocycles. The van der Waals surface area contributed by atoms with Crippen molar-refractivity contribution in [2.75, 3.05) is 25.2 Å². The normalized spacial score (nSPS) is 18.0. The van der Waals surface area contributed by atoms with Crippen molar-refractivity contribution in [3.8, 4) is 0 Å². The summed E-state index contributed by atoms with van der Waals surface area (Å²) in [4.78, 5) is 37.9. The molecule has 2 amide bonds. The maximum atomic E-state index is 13.2. The van der Waals surface area contributed by atoms with Gasteiger partial charge in [0.15, 0.2) is 0 Å². The fourth-order valence-electron chi connectivity index (χ4n) is 4.09. The van der Waals surface area contributed by atoms with Gasteiger partial charge in [-0.1, -0.05) is 65.0 Å². The van der Waals surface area contributed by atoms with Gasteiger partial charge in [-0.25, -0.2) is 9.80 Å². The van der Waals surface area contributed by atoms with Crippen molar-refractivity contribution in [3.05, 3.63) is 35.9 Å². The van der Waals surface area contributed by atoms with E-state index in [1.165, 1.54) is 7.11 Å². The molecule has 36 heavy (non-hydrogen) atoms. The van der Waals surface area contributed by atoms with Crippen LogP contribution in [0.5, 0.6) is 0 Å². The first-order valence-corrected chi connectivity index (χ1v) is 13.8. The molecule has 3 atom stereocenters. The number of hydrazine groups is 1. The number of benzene rings is 1. The Morgan fingerprint density at radius 3 is 2.47 bits per heavy atom. The van der Waals surface area contributed by atoms with Crippen LogP contribution in [0.3, 0.4) is 0 Å². The van der Waals surface area contributed by atoms with Crippen molar-refractivity contribution in [1.82, 2.24) is 15.8 Å². The molecule has 1 heterocycles. The minimum absolute atomic E-state index is 0.0327. The highest BCUT2D eigenvalue weighted by Gasteiger charge is 2.35. The number of amides is 2. The lowest BCUT2D eigenvalue weighted by Gasteiger charge is -2.31. The van der Waals surface area contributed by atoms with Gasteiger partial charge in [0, 0.05) is 30.5 Å². The monoisotopic (exact) mass is 521 g/mol. The molecule has 0 bridgehead atoms. The van der Waals surface area contributed by atoms with E-state index in [0.29, 0.717) is 24.7 Å². The molecule has 1 fully saturated rings. The van der Waals surface area contributed by atoms with Gasteiger partial charge in [0.2, 0.25) is 11.8 Å². The SMILES string of the molecule is COC(=O)[C@H](CSC[C@@H]1CCCN1NC(=O)CC(C)C)NC(=O)[C@@H](OCc1ccccc1)C(C)(C)C. The van der Waals surface area contributed by atoms with E-state index in [1.807, 2.05) is 70.0 Å². The van der Waals surface area contributed by atoms with Crippen LogP contribution in [-0.2, 0) is 30.5 Å². The Balaban J connectivity index is 1.94. The smallest absolute Gasteiger partial charge is 0.329 e. The van der Waals surface area contributed by atoms with Gasteiger partial charge >= 0.3 is 5.97 Å². The van der Waals surface area contributed by atoms with Crippen molar-refractivity contribution in [2.45, 2.75) is 78.7 Å². The molecular weight excluding hydrogens is 478 g/mol. The van der Waals surface area contributed by atoms with Crippen LogP contribution in [0.25, 0.3) is 0 Å². The number of thioether (sulfide) groups is 1. The van der Waals surface area contributed by atoms with Crippen molar-refractivity contribution >= 4 is 29.5 Å². The maximum absolute atomic E-state index is 13.2. The largest absolute Gasteiger partial charge is 0.467 e. The predicted molar refractivity (Wildman–Crippen MR) is 143 cm³/mol. The molecule has 0 aliphatic carbocycles. The van der Waals surface area contributed by atoms with Crippen molar-refractivity contribution < 1.29 is 23.9 Å². The molecule has 0 saturated carbocycles. The highest BCUT2D eigenvalue weighted by Crippen LogP contribution is 2.25. The second-order valence-corrected chi connectivity index (χ2v) is 11.9. The minimum Gasteiger partial charge on any atom is -0.467 e. The van der Waals surface area contributed by atoms with Crippen LogP contribution < -0.4 is 10.7 Å². The number of carbonyl (C=O) groups excluding carboxylic acids is 3. The Morgan fingerprint density at radius 2 is 1.86 bits per heavy atom. The molecule has 2 N–H and O–H groups in total. The van der Waals surface area contributed by atoms with Crippen molar-refractivity contribution in [2.24, 2.45) is 11.3 Å². The lowest BCUT2D eigenvalue weighted by Crippen LogP contribution is -2.51. The van der Waals surface area contributed by atoms with Crippen LogP contribution in [0.2, 0.25) is 0 Å². The number of carbonyl (C=O) groups is 3. The molecule has 1 saturated heterocycles. The Kier molecular flexibility index (Phi) is 12.2. The van der Waals surface area contributed by atoms with E-state index in [9.17, 15) is 14.4 Å². The Hall–Kier alpha value is -2.10. The summed E-state index contributed by atoms with van der Waals surface area (Å²) in [6, 6.07) is 9.08. The average molecular weight is 522 g/mol. The molecule has 202 valence electrons. The second kappa shape index (κ2) is 14.6. The zero-order chi connectivity index (χ0) is 26.7. The summed E-state index contributed by atoms with van der Waals surface area (Å²) in [6.07, 6.45) is 1.74. The Bertz CT molecular complexity index is 844. The van der Waals surface area contributed by atoms with Crippen LogP contribution in [0.15, 0.2) is 30.3 Å². The van der Waals surface area contributed by atoms with Crippen LogP contribution in [0, 0.1) is 11.3 Å². The predicted octanol–water partition coefficient (Wildman–Crippen LogP) is 3.55. The molecular formula is C27H43N3O5S. The number of nitrogens with zero attached hydrogens (tertiary/aromatic N) is 1. The molecule has 8 nitrogen and oxygen atoms in total. The minimum atomic E-state index is -0.789. The van der Waals surface area contributed by atoms with E-state index in [2.05, 4.69) is 10.7 Å². The first kappa shape index (κ1) is 30.1. The molecule has 0 spiro atoms. The fourth-order valence-corrected chi connectivity index (χ4v) is 5.30. The summed E-state index contributed by atoms with van der Waals surface area (Å²) < 4.78 is 11.0. The number of rotatable bonds is 13. The molecule has 0 radical (unpaired) electrons. The number of ether oxygens (including phenoxy) is 2. The van der Waals surface area contributed by atoms with Gasteiger partial charge in [0.05, 0.1) is 13.7 Å². The van der Waals surface area contributed by atoms with Crippen LogP contribution in [-0.4, -0.2) is 66.1 Å². The molecule has 1 aromatic carbocycles. The lowest BCUT2D eigenvalue weighted by molar-refractivity contribution is -0.149. The first-order valence-electron chi connectivity index (χ1n) is 12.7. The number of methoxy groups -OCH3 is 1. The van der Waals surface area contributed by atoms with Gasteiger partial charge in [-0.05, 0) is 29.7 Å². The van der Waals surface area contributed by atoms with Gasteiger partial charge < -0.3 is 14.8 Å². The highest BCUT2D eigenvalue weighted by atomic mass is 32.2. The first-order chi connectivity index (χ1) is 17.0. The van der Waals surface area contributed by atoms with Crippen molar-refractivity contribution in [3.63, 3.8) is 0 Å². The highest BCUT2D eigenvalue weighted by molar-refractivity contribution is 7.99. The van der Waals surface area contributed by atoms with E-state index >= 15 is 0 Å². The van der Waals surface area contributed by atoms with Gasteiger partial charge in [-0.2, -0.15) is 11.8 Å². The fraction of sp³-hybridized carbons (Fsp3) is 0.667. The molecule has 1 aliphatic rings. The van der Waals surface area contributed by atoms with Gasteiger partial charge in [0.1, 0.15) is 12.1 Å². The van der Waals surface area contributed by atoms with Crippen molar-refractivity contribution in [1.29, 1.82) is 0 Å². The van der Waals surface area contributed by atoms with Crippen LogP contribution >= 0.6 is 11.8 Å². The summed E-state index contributed by atoms with van der Waals surface area (Å²) in [7, 11) is 1.32. The third-order valence-electron chi connectivity index (χ3n) is 5.92. The number of esters is 1. The van der Waals surface area contributed by atoms with E-state index < -0.39 is 23.5 Å². The molecule has 1 aromatic rings. The molecule has 0 unspecified atom stereocenters. The summed E-state index contributed by atoms with van der Waals surface area (Å²) in [5, 5.41) is 4.87. The average Bonchev–Trinajstić information content (AvgIpc) is 3.23. The van der Waals surface area contributed by atoms with Gasteiger partial charge in [-0.15, -0.1) is 0 Å². The van der Waals surface area contributed by atoms with E-state index in [0.717, 1.165) is 30.7 Å². The van der Waals surface area contributed by atoms with Crippen LogP contribution in [0.1, 0.15) is 59.4 Å². The van der Waals surface area contributed by atoms with Gasteiger partial charge in [0.25, 0.3) is 0 Å². The maximum Gasteiger partial charge on any atom is 0.329 e. The lowest BCUT2D eigenvalue weighted by atomic mass is 9.88. The molecule has 0 aromatic heterocycles. The Morgan fingerprint density at radius 1 is 1.17 bits per heavy atom. The van der Waals surface area contributed by atoms with Gasteiger partial charge in [-0.3, -0.25) is 15.0 Å². The molecule has 2 rings (SSSR count).